The molecule has 162 valence electrons. The molecule has 5 heterocycles. The number of anilines is 2. The predicted molar refractivity (Wildman–Crippen MR) is 113 cm³/mol. The van der Waals surface area contributed by atoms with E-state index >= 15 is 0 Å². The number of nitrogens with zero attached hydrogens (tertiary/aromatic N) is 5. The third-order valence-electron chi connectivity index (χ3n) is 5.51. The number of fused-ring (bicyclic) bond motifs is 2. The topological polar surface area (TPSA) is 114 Å². The van der Waals surface area contributed by atoms with Crippen LogP contribution in [0.2, 0.25) is 0 Å². The van der Waals surface area contributed by atoms with Crippen molar-refractivity contribution in [1.29, 1.82) is 0 Å². The monoisotopic (exact) mass is 424 g/mol. The Kier molecular flexibility index (Phi) is 4.75. The number of pyridine rings is 1. The zero-order chi connectivity index (χ0) is 21.6. The summed E-state index contributed by atoms with van der Waals surface area (Å²) in [6.45, 7) is 5.35. The van der Waals surface area contributed by atoms with Crippen LogP contribution in [0.4, 0.5) is 11.5 Å². The molecule has 3 aromatic rings. The Morgan fingerprint density at radius 2 is 2.29 bits per heavy atom. The number of carbonyl (C=O) groups is 1. The van der Waals surface area contributed by atoms with E-state index in [-0.39, 0.29) is 24.2 Å². The van der Waals surface area contributed by atoms with Crippen LogP contribution in [-0.2, 0) is 11.2 Å². The minimum atomic E-state index is -0.372. The van der Waals surface area contributed by atoms with E-state index in [1.165, 1.54) is 6.20 Å². The molecule has 0 aromatic carbocycles. The molecule has 0 aliphatic carbocycles. The second-order valence-corrected chi connectivity index (χ2v) is 8.37. The molecule has 0 unspecified atom stereocenters. The molecular formula is C21H24N6O4. The number of aromatic nitrogens is 4. The van der Waals surface area contributed by atoms with Crippen LogP contribution in [0.25, 0.3) is 5.65 Å². The number of aliphatic hydroxyl groups excluding tert-OH is 1. The highest BCUT2D eigenvalue weighted by Crippen LogP contribution is 2.39. The highest BCUT2D eigenvalue weighted by molar-refractivity contribution is 6.09. The fraction of sp³-hybridized carbons (Fsp3) is 0.429. The van der Waals surface area contributed by atoms with Crippen molar-refractivity contribution in [2.24, 2.45) is 0 Å². The molecule has 0 saturated carbocycles. The zero-order valence-electron chi connectivity index (χ0n) is 17.4. The number of hydrogen-bond acceptors (Lipinski definition) is 8. The predicted octanol–water partition coefficient (Wildman–Crippen LogP) is 1.29. The van der Waals surface area contributed by atoms with Crippen LogP contribution < -0.4 is 15.0 Å². The molecule has 10 nitrogen and oxygen atoms in total. The summed E-state index contributed by atoms with van der Waals surface area (Å²) < 4.78 is 13.1. The highest BCUT2D eigenvalue weighted by Gasteiger charge is 2.35. The average Bonchev–Trinajstić information content (AvgIpc) is 3.32. The average molecular weight is 424 g/mol. The molecule has 10 heteroatoms. The van der Waals surface area contributed by atoms with E-state index in [2.05, 4.69) is 15.4 Å². The number of ether oxygens (including phenoxy) is 2. The number of rotatable bonds is 4. The molecule has 2 aliphatic heterocycles. The van der Waals surface area contributed by atoms with Crippen molar-refractivity contribution in [3.05, 3.63) is 41.9 Å². The molecule has 3 aromatic heterocycles. The lowest BCUT2D eigenvalue weighted by Gasteiger charge is -2.36. The summed E-state index contributed by atoms with van der Waals surface area (Å²) in [5, 5.41) is 17.0. The first-order chi connectivity index (χ1) is 14.9. The van der Waals surface area contributed by atoms with E-state index in [0.717, 1.165) is 5.56 Å². The van der Waals surface area contributed by atoms with Gasteiger partial charge in [-0.05, 0) is 26.0 Å². The molecule has 1 atom stereocenters. The van der Waals surface area contributed by atoms with Gasteiger partial charge >= 0.3 is 0 Å². The normalized spacial score (nSPS) is 19.8. The van der Waals surface area contributed by atoms with Crippen LogP contribution in [0, 0.1) is 0 Å². The summed E-state index contributed by atoms with van der Waals surface area (Å²) in [6.07, 6.45) is 5.54. The maximum absolute atomic E-state index is 13.1. The van der Waals surface area contributed by atoms with Crippen molar-refractivity contribution in [1.82, 2.24) is 19.6 Å². The Morgan fingerprint density at radius 3 is 3.13 bits per heavy atom. The molecule has 2 aliphatic rings. The fourth-order valence-electron chi connectivity index (χ4n) is 4.07. The Labute approximate surface area is 178 Å². The van der Waals surface area contributed by atoms with Crippen molar-refractivity contribution in [2.45, 2.75) is 31.9 Å². The van der Waals surface area contributed by atoms with Gasteiger partial charge in [0.25, 0.3) is 5.91 Å². The SMILES string of the molecule is CC1(C)Cc2cc(NC(=O)c3cnn4cccnc34)c(N3CCOC[C@@H]3CO)nc2O1. The van der Waals surface area contributed by atoms with Gasteiger partial charge in [-0.1, -0.05) is 0 Å². The molecule has 0 spiro atoms. The summed E-state index contributed by atoms with van der Waals surface area (Å²) in [4.78, 5) is 24.1. The molecule has 1 amide bonds. The van der Waals surface area contributed by atoms with Gasteiger partial charge in [0.15, 0.2) is 11.5 Å². The van der Waals surface area contributed by atoms with Crippen molar-refractivity contribution in [3.63, 3.8) is 0 Å². The first kappa shape index (κ1) is 19.7. The van der Waals surface area contributed by atoms with Gasteiger partial charge in [0, 0.05) is 30.9 Å². The van der Waals surface area contributed by atoms with E-state index in [0.29, 0.717) is 54.8 Å². The van der Waals surface area contributed by atoms with Gasteiger partial charge in [-0.3, -0.25) is 4.79 Å². The van der Waals surface area contributed by atoms with Crippen LogP contribution in [0.5, 0.6) is 5.88 Å². The minimum Gasteiger partial charge on any atom is -0.471 e. The molecule has 5 rings (SSSR count). The van der Waals surface area contributed by atoms with Crippen molar-refractivity contribution in [2.75, 3.05) is 36.6 Å². The second kappa shape index (κ2) is 7.47. The van der Waals surface area contributed by atoms with E-state index in [9.17, 15) is 9.90 Å². The third-order valence-corrected chi connectivity index (χ3v) is 5.51. The van der Waals surface area contributed by atoms with Gasteiger partial charge in [-0.15, -0.1) is 0 Å². The smallest absolute Gasteiger partial charge is 0.261 e. The van der Waals surface area contributed by atoms with Crippen LogP contribution in [0.1, 0.15) is 29.8 Å². The van der Waals surface area contributed by atoms with Crippen LogP contribution in [0.3, 0.4) is 0 Å². The molecule has 2 N–H and O–H groups in total. The van der Waals surface area contributed by atoms with Gasteiger partial charge in [-0.2, -0.15) is 10.1 Å². The largest absolute Gasteiger partial charge is 0.471 e. The van der Waals surface area contributed by atoms with Gasteiger partial charge < -0.3 is 24.8 Å². The number of hydrogen-bond donors (Lipinski definition) is 2. The van der Waals surface area contributed by atoms with E-state index in [1.807, 2.05) is 24.8 Å². The lowest BCUT2D eigenvalue weighted by molar-refractivity contribution is 0.0721. The summed E-state index contributed by atoms with van der Waals surface area (Å²) in [5.74, 6) is 0.777. The second-order valence-electron chi connectivity index (χ2n) is 8.37. The fourth-order valence-corrected chi connectivity index (χ4v) is 4.07. The van der Waals surface area contributed by atoms with E-state index in [4.69, 9.17) is 14.5 Å². The summed E-state index contributed by atoms with van der Waals surface area (Å²) in [6, 6.07) is 3.40. The first-order valence-electron chi connectivity index (χ1n) is 10.2. The first-order valence-corrected chi connectivity index (χ1v) is 10.2. The molecule has 31 heavy (non-hydrogen) atoms. The summed E-state index contributed by atoms with van der Waals surface area (Å²) in [5.41, 5.74) is 1.95. The van der Waals surface area contributed by atoms with Crippen LogP contribution in [-0.4, -0.2) is 68.6 Å². The lowest BCUT2D eigenvalue weighted by atomic mass is 10.0. The standard InChI is InChI=1S/C21H24N6O4/c1-21(2)9-13-8-16(24-19(29)15-10-23-27-5-3-4-22-17(15)27)18(25-20(13)31-21)26-6-7-30-12-14(26)11-28/h3-5,8,10,14,28H,6-7,9,11-12H2,1-2H3,(H,24,29)/t14-/m0/s1. The van der Waals surface area contributed by atoms with E-state index < -0.39 is 0 Å². The number of aliphatic hydroxyl groups is 1. The number of carbonyl (C=O) groups excluding carboxylic acids is 1. The Hall–Kier alpha value is -3.24. The quantitative estimate of drug-likeness (QED) is 0.644. The van der Waals surface area contributed by atoms with Crippen LogP contribution >= 0.6 is 0 Å². The molecule has 1 saturated heterocycles. The van der Waals surface area contributed by atoms with Crippen LogP contribution in [0.15, 0.2) is 30.7 Å². The highest BCUT2D eigenvalue weighted by atomic mass is 16.5. The lowest BCUT2D eigenvalue weighted by Crippen LogP contribution is -2.48. The Bertz CT molecular complexity index is 1140. The Balaban J connectivity index is 1.54. The molecular weight excluding hydrogens is 400 g/mol. The summed E-state index contributed by atoms with van der Waals surface area (Å²) in [7, 11) is 0. The van der Waals surface area contributed by atoms with Gasteiger partial charge in [0.1, 0.15) is 11.2 Å². The maximum atomic E-state index is 13.1. The number of amides is 1. The molecule has 0 radical (unpaired) electrons. The van der Waals surface area contributed by atoms with Gasteiger partial charge in [0.2, 0.25) is 5.88 Å². The molecule has 1 fully saturated rings. The van der Waals surface area contributed by atoms with Crippen molar-refractivity contribution < 1.29 is 19.4 Å². The Morgan fingerprint density at radius 1 is 1.42 bits per heavy atom. The minimum absolute atomic E-state index is 0.0868. The third kappa shape index (κ3) is 3.57. The number of morpholine rings is 1. The van der Waals surface area contributed by atoms with Crippen molar-refractivity contribution in [3.8, 4) is 5.88 Å². The zero-order valence-corrected chi connectivity index (χ0v) is 17.4. The van der Waals surface area contributed by atoms with Crippen molar-refractivity contribution >= 4 is 23.1 Å². The van der Waals surface area contributed by atoms with Gasteiger partial charge in [0.05, 0.1) is 37.7 Å². The maximum Gasteiger partial charge on any atom is 0.261 e. The molecule has 0 bridgehead atoms. The van der Waals surface area contributed by atoms with Gasteiger partial charge in [-0.25, -0.2) is 9.50 Å². The van der Waals surface area contributed by atoms with E-state index in [1.54, 1.807) is 23.0 Å². The number of nitrogens with one attached hydrogen (secondary N) is 1. The summed E-state index contributed by atoms with van der Waals surface area (Å²) >= 11 is 0.